The number of aliphatic hydroxyl groups excluding tert-OH is 1. The van der Waals surface area contributed by atoms with Crippen molar-refractivity contribution in [3.8, 4) is 5.75 Å². The van der Waals surface area contributed by atoms with Gasteiger partial charge in [-0.2, -0.15) is 0 Å². The van der Waals surface area contributed by atoms with Crippen molar-refractivity contribution >= 4 is 5.97 Å². The van der Waals surface area contributed by atoms with Crippen LogP contribution in [0.2, 0.25) is 0 Å². The van der Waals surface area contributed by atoms with Gasteiger partial charge in [0.05, 0.1) is 11.7 Å². The van der Waals surface area contributed by atoms with Crippen LogP contribution in [-0.2, 0) is 6.42 Å². The molecule has 96 valence electrons. The largest absolute Gasteiger partial charge is 0.423 e. The SMILES string of the molecule is O=C(Oc1ccc2c(c1)C(O)CC2)c1ccccc1. The van der Waals surface area contributed by atoms with E-state index in [1.165, 1.54) is 0 Å². The first-order chi connectivity index (χ1) is 9.24. The van der Waals surface area contributed by atoms with Crippen LogP contribution >= 0.6 is 0 Å². The van der Waals surface area contributed by atoms with E-state index in [9.17, 15) is 9.90 Å². The molecule has 1 atom stereocenters. The number of aliphatic hydroxyl groups is 1. The van der Waals surface area contributed by atoms with Crippen molar-refractivity contribution in [2.45, 2.75) is 18.9 Å². The highest BCUT2D eigenvalue weighted by Crippen LogP contribution is 2.33. The molecule has 0 saturated carbocycles. The lowest BCUT2D eigenvalue weighted by Crippen LogP contribution is -2.08. The van der Waals surface area contributed by atoms with Crippen molar-refractivity contribution in [2.75, 3.05) is 0 Å². The molecule has 0 aliphatic heterocycles. The van der Waals surface area contributed by atoms with Crippen LogP contribution in [0.25, 0.3) is 0 Å². The minimum atomic E-state index is -0.439. The zero-order valence-corrected chi connectivity index (χ0v) is 10.4. The normalized spacial score (nSPS) is 17.0. The van der Waals surface area contributed by atoms with Gasteiger partial charge in [-0.25, -0.2) is 4.79 Å². The minimum absolute atomic E-state index is 0.381. The Kier molecular flexibility index (Phi) is 3.05. The van der Waals surface area contributed by atoms with Gasteiger partial charge in [0, 0.05) is 0 Å². The molecule has 0 saturated heterocycles. The van der Waals surface area contributed by atoms with Gasteiger partial charge >= 0.3 is 5.97 Å². The van der Waals surface area contributed by atoms with Crippen molar-refractivity contribution in [1.29, 1.82) is 0 Å². The van der Waals surface area contributed by atoms with E-state index in [1.807, 2.05) is 12.1 Å². The maximum absolute atomic E-state index is 11.9. The van der Waals surface area contributed by atoms with Crippen LogP contribution in [0, 0.1) is 0 Å². The Balaban J connectivity index is 1.81. The number of hydrogen-bond donors (Lipinski definition) is 1. The summed E-state index contributed by atoms with van der Waals surface area (Å²) in [6.45, 7) is 0. The van der Waals surface area contributed by atoms with Gasteiger partial charge < -0.3 is 9.84 Å². The first-order valence-corrected chi connectivity index (χ1v) is 6.32. The molecule has 0 bridgehead atoms. The van der Waals surface area contributed by atoms with Crippen LogP contribution in [0.4, 0.5) is 0 Å². The van der Waals surface area contributed by atoms with Gasteiger partial charge in [-0.15, -0.1) is 0 Å². The zero-order valence-electron chi connectivity index (χ0n) is 10.4. The molecule has 2 aromatic carbocycles. The second kappa shape index (κ2) is 4.86. The van der Waals surface area contributed by atoms with Crippen molar-refractivity contribution in [1.82, 2.24) is 0 Å². The lowest BCUT2D eigenvalue weighted by atomic mass is 10.1. The molecular weight excluding hydrogens is 240 g/mol. The van der Waals surface area contributed by atoms with Gasteiger partial charge in [-0.3, -0.25) is 0 Å². The monoisotopic (exact) mass is 254 g/mol. The predicted molar refractivity (Wildman–Crippen MR) is 71.1 cm³/mol. The predicted octanol–water partition coefficient (Wildman–Crippen LogP) is 2.89. The number of rotatable bonds is 2. The molecule has 1 aliphatic carbocycles. The van der Waals surface area contributed by atoms with Crippen molar-refractivity contribution in [2.24, 2.45) is 0 Å². The summed E-state index contributed by atoms with van der Waals surface area (Å²) in [4.78, 5) is 11.9. The topological polar surface area (TPSA) is 46.5 Å². The summed E-state index contributed by atoms with van der Waals surface area (Å²) in [5.41, 5.74) is 2.52. The fraction of sp³-hybridized carbons (Fsp3) is 0.188. The lowest BCUT2D eigenvalue weighted by Gasteiger charge is -2.08. The van der Waals surface area contributed by atoms with Gasteiger partial charge in [0.15, 0.2) is 0 Å². The van der Waals surface area contributed by atoms with Crippen molar-refractivity contribution in [3.63, 3.8) is 0 Å². The van der Waals surface area contributed by atoms with Crippen LogP contribution in [0.3, 0.4) is 0 Å². The molecule has 0 heterocycles. The van der Waals surface area contributed by atoms with E-state index in [-0.39, 0.29) is 5.97 Å². The third-order valence-electron chi connectivity index (χ3n) is 3.38. The van der Waals surface area contributed by atoms with E-state index in [0.717, 1.165) is 24.0 Å². The van der Waals surface area contributed by atoms with Crippen LogP contribution < -0.4 is 4.74 Å². The fourth-order valence-corrected chi connectivity index (χ4v) is 2.36. The number of aryl methyl sites for hydroxylation is 1. The number of esters is 1. The van der Waals surface area contributed by atoms with Gasteiger partial charge in [-0.1, -0.05) is 24.3 Å². The summed E-state index contributed by atoms with van der Waals surface area (Å²) in [5.74, 6) is 0.0987. The Hall–Kier alpha value is -2.13. The number of hydrogen-bond acceptors (Lipinski definition) is 3. The van der Waals surface area contributed by atoms with E-state index in [0.29, 0.717) is 11.3 Å². The molecule has 0 spiro atoms. The third kappa shape index (κ3) is 2.37. The molecule has 0 aromatic heterocycles. The van der Waals surface area contributed by atoms with Gasteiger partial charge in [0.2, 0.25) is 0 Å². The van der Waals surface area contributed by atoms with Crippen LogP contribution in [0.1, 0.15) is 34.0 Å². The Morgan fingerprint density at radius 3 is 2.74 bits per heavy atom. The van der Waals surface area contributed by atoms with Crippen LogP contribution in [0.15, 0.2) is 48.5 Å². The number of fused-ring (bicyclic) bond motifs is 1. The number of benzene rings is 2. The molecule has 3 nitrogen and oxygen atoms in total. The van der Waals surface area contributed by atoms with Gasteiger partial charge in [0.25, 0.3) is 0 Å². The molecule has 0 radical (unpaired) electrons. The van der Waals surface area contributed by atoms with E-state index < -0.39 is 6.10 Å². The Labute approximate surface area is 111 Å². The minimum Gasteiger partial charge on any atom is -0.423 e. The molecular formula is C16H14O3. The Morgan fingerprint density at radius 1 is 1.16 bits per heavy atom. The summed E-state index contributed by atoms with van der Waals surface area (Å²) in [6.07, 6.45) is 1.18. The summed E-state index contributed by atoms with van der Waals surface area (Å²) in [6, 6.07) is 14.3. The highest BCUT2D eigenvalue weighted by atomic mass is 16.5. The first kappa shape index (κ1) is 11.9. The van der Waals surface area contributed by atoms with E-state index in [1.54, 1.807) is 36.4 Å². The lowest BCUT2D eigenvalue weighted by molar-refractivity contribution is 0.0734. The molecule has 19 heavy (non-hydrogen) atoms. The third-order valence-corrected chi connectivity index (χ3v) is 3.38. The molecule has 3 rings (SSSR count). The standard InChI is InChI=1S/C16H14O3/c17-15-9-7-11-6-8-13(10-14(11)15)19-16(18)12-4-2-1-3-5-12/h1-6,8,10,15,17H,7,9H2. The highest BCUT2D eigenvalue weighted by Gasteiger charge is 2.21. The highest BCUT2D eigenvalue weighted by molar-refractivity contribution is 5.91. The summed E-state index contributed by atoms with van der Waals surface area (Å²) in [5, 5.41) is 9.82. The number of carbonyl (C=O) groups is 1. The summed E-state index contributed by atoms with van der Waals surface area (Å²) in [7, 11) is 0. The molecule has 1 unspecified atom stereocenters. The molecule has 0 fully saturated rings. The quantitative estimate of drug-likeness (QED) is 0.662. The smallest absolute Gasteiger partial charge is 0.343 e. The Bertz CT molecular complexity index is 605. The zero-order chi connectivity index (χ0) is 13.2. The van der Waals surface area contributed by atoms with Crippen molar-refractivity contribution < 1.29 is 14.6 Å². The van der Waals surface area contributed by atoms with Crippen molar-refractivity contribution in [3.05, 3.63) is 65.2 Å². The average molecular weight is 254 g/mol. The fourth-order valence-electron chi connectivity index (χ4n) is 2.36. The number of carbonyl (C=O) groups excluding carboxylic acids is 1. The second-order valence-corrected chi connectivity index (χ2v) is 4.67. The van der Waals surface area contributed by atoms with E-state index in [2.05, 4.69) is 0 Å². The first-order valence-electron chi connectivity index (χ1n) is 6.32. The second-order valence-electron chi connectivity index (χ2n) is 4.67. The Morgan fingerprint density at radius 2 is 1.95 bits per heavy atom. The van der Waals surface area contributed by atoms with E-state index in [4.69, 9.17) is 4.74 Å². The molecule has 1 aliphatic rings. The molecule has 2 aromatic rings. The molecule has 3 heteroatoms. The maximum atomic E-state index is 11.9. The molecule has 0 amide bonds. The maximum Gasteiger partial charge on any atom is 0.343 e. The number of ether oxygens (including phenoxy) is 1. The summed E-state index contributed by atoms with van der Waals surface area (Å²) < 4.78 is 5.32. The average Bonchev–Trinajstić information content (AvgIpc) is 2.81. The van der Waals surface area contributed by atoms with Crippen LogP contribution in [-0.4, -0.2) is 11.1 Å². The van der Waals surface area contributed by atoms with Crippen LogP contribution in [0.5, 0.6) is 5.75 Å². The van der Waals surface area contributed by atoms with Gasteiger partial charge in [0.1, 0.15) is 5.75 Å². The summed E-state index contributed by atoms with van der Waals surface area (Å²) >= 11 is 0. The molecule has 1 N–H and O–H groups in total. The van der Waals surface area contributed by atoms with Gasteiger partial charge in [-0.05, 0) is 48.2 Å². The van der Waals surface area contributed by atoms with E-state index >= 15 is 0 Å².